The van der Waals surface area contributed by atoms with E-state index < -0.39 is 29.5 Å². The van der Waals surface area contributed by atoms with Crippen LogP contribution in [-0.2, 0) is 12.1 Å². The van der Waals surface area contributed by atoms with Crippen molar-refractivity contribution in [2.75, 3.05) is 12.4 Å². The predicted molar refractivity (Wildman–Crippen MR) is 161 cm³/mol. The number of hydrogen-bond acceptors (Lipinski definition) is 8. The molecule has 1 aromatic carbocycles. The first-order valence-electron chi connectivity index (χ1n) is 13.0. The number of aliphatic hydroxyl groups is 1. The first kappa shape index (κ1) is 31.0. The molecule has 2 atom stereocenters. The number of halogens is 4. The Kier molecular flexibility index (Phi) is 8.64. The molecule has 0 saturated carbocycles. The smallest absolute Gasteiger partial charge is 0.421 e. The van der Waals surface area contributed by atoms with E-state index in [1.807, 2.05) is 24.3 Å². The van der Waals surface area contributed by atoms with Crippen LogP contribution in [0.15, 0.2) is 72.4 Å². The van der Waals surface area contributed by atoms with Crippen LogP contribution in [0.3, 0.4) is 0 Å². The summed E-state index contributed by atoms with van der Waals surface area (Å²) in [6.45, 7) is 1.10. The molecule has 4 heterocycles. The lowest BCUT2D eigenvalue weighted by molar-refractivity contribution is -0.258. The van der Waals surface area contributed by atoms with E-state index in [2.05, 4.69) is 25.6 Å². The molecule has 0 saturated heterocycles. The molecule has 0 aliphatic carbocycles. The topological polar surface area (TPSA) is 129 Å². The quantitative estimate of drug-likeness (QED) is 0.133. The third-order valence-electron chi connectivity index (χ3n) is 6.99. The summed E-state index contributed by atoms with van der Waals surface area (Å²) in [4.78, 5) is 25.1. The van der Waals surface area contributed by atoms with Crippen LogP contribution in [-0.4, -0.2) is 44.5 Å². The van der Waals surface area contributed by atoms with Crippen LogP contribution in [0.5, 0.6) is 5.75 Å². The first-order valence-corrected chi connectivity index (χ1v) is 14.3. The number of anilines is 1. The van der Waals surface area contributed by atoms with Gasteiger partial charge in [0.25, 0.3) is 0 Å². The third-order valence-corrected chi connectivity index (χ3v) is 8.33. The van der Waals surface area contributed by atoms with Crippen molar-refractivity contribution in [3.8, 4) is 17.1 Å². The average molecular weight is 644 g/mol. The number of amides is 1. The molecule has 4 N–H and O–H groups in total. The second-order valence-corrected chi connectivity index (χ2v) is 11.2. The van der Waals surface area contributed by atoms with Crippen LogP contribution in [0.4, 0.5) is 23.8 Å². The number of nitrogens with zero attached hydrogens (tertiary/aromatic N) is 3. The maximum Gasteiger partial charge on any atom is 0.421 e. The zero-order valence-electron chi connectivity index (χ0n) is 23.2. The zero-order valence-corrected chi connectivity index (χ0v) is 24.8. The highest BCUT2D eigenvalue weighted by molar-refractivity contribution is 7.18. The standard InChI is InChI=1S/C30H25ClF3N5O4S/c1-29(42,30(32,33)34)17-9-11-35-22(13-17)26-27-19(10-12-36-26)20(15-44-27)24(39-28(40)41)25-21(31)7-8-23(38-25)37-14-16-3-5-18(43-2)6-4-16/h3-13,15,24,39,42H,14H2,1-2H3,(H,37,38)(H,40,41). The molecule has 14 heteroatoms. The number of alkyl halides is 3. The molecule has 1 amide bonds. The Labute approximate surface area is 258 Å². The maximum atomic E-state index is 13.5. The molecule has 0 aliphatic rings. The van der Waals surface area contributed by atoms with Crippen LogP contribution >= 0.6 is 22.9 Å². The van der Waals surface area contributed by atoms with E-state index in [1.165, 1.54) is 23.7 Å². The number of benzene rings is 1. The molecular weight excluding hydrogens is 619 g/mol. The highest BCUT2D eigenvalue weighted by Crippen LogP contribution is 2.42. The van der Waals surface area contributed by atoms with Crippen molar-refractivity contribution in [3.05, 3.63) is 99.8 Å². The Bertz CT molecular complexity index is 1820. The van der Waals surface area contributed by atoms with Gasteiger partial charge in [-0.05, 0) is 71.5 Å². The number of ether oxygens (including phenoxy) is 1. The fourth-order valence-electron chi connectivity index (χ4n) is 4.52. The zero-order chi connectivity index (χ0) is 31.6. The van der Waals surface area contributed by atoms with Gasteiger partial charge in [-0.15, -0.1) is 11.3 Å². The summed E-state index contributed by atoms with van der Waals surface area (Å²) in [5.41, 5.74) is -1.42. The Morgan fingerprint density at radius 2 is 1.82 bits per heavy atom. The Hall–Kier alpha value is -4.46. The molecule has 44 heavy (non-hydrogen) atoms. The van der Waals surface area contributed by atoms with E-state index in [9.17, 15) is 28.2 Å². The molecule has 0 fully saturated rings. The van der Waals surface area contributed by atoms with Crippen molar-refractivity contribution in [1.29, 1.82) is 0 Å². The van der Waals surface area contributed by atoms with Crippen molar-refractivity contribution in [2.45, 2.75) is 31.3 Å². The van der Waals surface area contributed by atoms with Crippen LogP contribution in [0.2, 0.25) is 5.02 Å². The normalized spacial score (nSPS) is 13.7. The lowest BCUT2D eigenvalue weighted by atomic mass is 9.95. The minimum atomic E-state index is -4.92. The molecule has 0 bridgehead atoms. The summed E-state index contributed by atoms with van der Waals surface area (Å²) >= 11 is 7.75. The molecule has 0 radical (unpaired) electrons. The van der Waals surface area contributed by atoms with Gasteiger partial charge < -0.3 is 25.6 Å². The molecule has 5 aromatic rings. The van der Waals surface area contributed by atoms with Crippen LogP contribution in [0.1, 0.15) is 35.3 Å². The summed E-state index contributed by atoms with van der Waals surface area (Å²) < 4.78 is 46.3. The van der Waals surface area contributed by atoms with Crippen molar-refractivity contribution < 1.29 is 32.9 Å². The number of fused-ring (bicyclic) bond motifs is 1. The number of aromatic nitrogens is 3. The average Bonchev–Trinajstić information content (AvgIpc) is 3.43. The summed E-state index contributed by atoms with van der Waals surface area (Å²) in [5.74, 6) is 1.18. The van der Waals surface area contributed by atoms with E-state index in [0.717, 1.165) is 23.4 Å². The Morgan fingerprint density at radius 3 is 2.50 bits per heavy atom. The van der Waals surface area contributed by atoms with Crippen molar-refractivity contribution in [3.63, 3.8) is 0 Å². The molecule has 0 aliphatic heterocycles. The molecule has 5 rings (SSSR count). The first-order chi connectivity index (χ1) is 20.9. The summed E-state index contributed by atoms with van der Waals surface area (Å²) in [6, 6.07) is 13.6. The number of carbonyl (C=O) groups is 1. The van der Waals surface area contributed by atoms with Crippen molar-refractivity contribution in [2.24, 2.45) is 0 Å². The third kappa shape index (κ3) is 6.25. The number of nitrogens with one attached hydrogen (secondary N) is 2. The predicted octanol–water partition coefficient (Wildman–Crippen LogP) is 7.15. The largest absolute Gasteiger partial charge is 0.497 e. The van der Waals surface area contributed by atoms with Gasteiger partial charge in [-0.1, -0.05) is 23.7 Å². The number of rotatable bonds is 9. The number of thiophene rings is 1. The Balaban J connectivity index is 1.52. The Morgan fingerprint density at radius 1 is 1.09 bits per heavy atom. The maximum absolute atomic E-state index is 13.5. The second kappa shape index (κ2) is 12.3. The van der Waals surface area contributed by atoms with Gasteiger partial charge in [0.15, 0.2) is 5.60 Å². The number of methoxy groups -OCH3 is 1. The monoisotopic (exact) mass is 643 g/mol. The van der Waals surface area contributed by atoms with E-state index in [-0.39, 0.29) is 22.1 Å². The molecular formula is C30H25ClF3N5O4S. The van der Waals surface area contributed by atoms with Gasteiger partial charge in [0, 0.05) is 24.3 Å². The van der Waals surface area contributed by atoms with Crippen molar-refractivity contribution in [1.82, 2.24) is 20.3 Å². The minimum absolute atomic E-state index is 0.106. The van der Waals surface area contributed by atoms with E-state index in [0.29, 0.717) is 34.9 Å². The van der Waals surface area contributed by atoms with Gasteiger partial charge in [-0.2, -0.15) is 13.2 Å². The molecule has 0 spiro atoms. The summed E-state index contributed by atoms with van der Waals surface area (Å²) in [7, 11) is 1.58. The van der Waals surface area contributed by atoms with Gasteiger partial charge in [-0.25, -0.2) is 9.78 Å². The molecule has 228 valence electrons. The summed E-state index contributed by atoms with van der Waals surface area (Å²) in [6.07, 6.45) is -3.62. The van der Waals surface area contributed by atoms with Gasteiger partial charge in [0.05, 0.1) is 28.2 Å². The van der Waals surface area contributed by atoms with E-state index in [1.54, 1.807) is 30.7 Å². The van der Waals surface area contributed by atoms with Crippen LogP contribution < -0.4 is 15.4 Å². The molecule has 2 unspecified atom stereocenters. The fraction of sp³-hybridized carbons (Fsp3) is 0.200. The number of pyridine rings is 3. The minimum Gasteiger partial charge on any atom is -0.497 e. The van der Waals surface area contributed by atoms with E-state index in [4.69, 9.17) is 16.3 Å². The van der Waals surface area contributed by atoms with Crippen molar-refractivity contribution >= 4 is 44.9 Å². The molecule has 4 aromatic heterocycles. The van der Waals surface area contributed by atoms with Gasteiger partial charge in [0.2, 0.25) is 0 Å². The lowest BCUT2D eigenvalue weighted by Crippen LogP contribution is -2.39. The van der Waals surface area contributed by atoms with E-state index >= 15 is 0 Å². The van der Waals surface area contributed by atoms with Crippen LogP contribution in [0, 0.1) is 0 Å². The number of hydrogen-bond donors (Lipinski definition) is 4. The van der Waals surface area contributed by atoms with Crippen LogP contribution in [0.25, 0.3) is 21.5 Å². The van der Waals surface area contributed by atoms with Gasteiger partial charge in [0.1, 0.15) is 23.3 Å². The van der Waals surface area contributed by atoms with Gasteiger partial charge in [-0.3, -0.25) is 9.97 Å². The molecule has 9 nitrogen and oxygen atoms in total. The highest BCUT2D eigenvalue weighted by Gasteiger charge is 2.51. The fourth-order valence-corrected chi connectivity index (χ4v) is 5.83. The number of carboxylic acid groups (broad SMARTS) is 1. The second-order valence-electron chi connectivity index (χ2n) is 9.87. The highest BCUT2D eigenvalue weighted by atomic mass is 35.5. The lowest BCUT2D eigenvalue weighted by Gasteiger charge is -2.26. The summed E-state index contributed by atoms with van der Waals surface area (Å²) in [5, 5.41) is 28.1. The SMILES string of the molecule is COc1ccc(CNc2ccc(Cl)c(C(NC(=O)O)c3csc4c(-c5cc(C(C)(O)C(F)(F)F)ccn5)nccc34)n2)cc1. The van der Waals surface area contributed by atoms with Gasteiger partial charge >= 0.3 is 12.3 Å².